The first kappa shape index (κ1) is 61.8. The highest BCUT2D eigenvalue weighted by atomic mass is 16.5. The standard InChI is InChI=1S/C59H88N8O10/c1-14-40(4)52(65(10)57(71)51(39(2)3)62-58(63(6)7)64(8)9)49(73-11)38-50(68)66-31-22-29-48(66)54(74-12)41(5)55(69)61-47(37-42-23-16-15-17-24-42)56(70)60-30-33-76-35-36-77-34-32-67(59(72)75-13)53-45-27-20-18-25-43(45)44-26-19-21-28-46(44)53/h15-21,23-28,39-41,47-49,51-54H,14,22,29-38H2,1-13H3,(H,60,70)(H,61,69)/t40-,41+,47-,48-,49+,51-,52-,54+/m0/s1. The first-order valence-electron chi connectivity index (χ1n) is 27.2. The molecule has 1 saturated heterocycles. The summed E-state index contributed by atoms with van der Waals surface area (Å²) < 4.78 is 29.1. The van der Waals surface area contributed by atoms with Crippen LogP contribution in [-0.2, 0) is 49.3 Å². The average molecular weight is 1070 g/mol. The molecule has 0 bridgehead atoms. The fourth-order valence-electron chi connectivity index (χ4n) is 10.9. The van der Waals surface area contributed by atoms with Gasteiger partial charge in [0.25, 0.3) is 0 Å². The quantitative estimate of drug-likeness (QED) is 0.0483. The largest absolute Gasteiger partial charge is 0.453 e. The van der Waals surface area contributed by atoms with Gasteiger partial charge in [-0.05, 0) is 52.5 Å². The third-order valence-corrected chi connectivity index (χ3v) is 15.0. The Morgan fingerprint density at radius 1 is 0.753 bits per heavy atom. The summed E-state index contributed by atoms with van der Waals surface area (Å²) in [5.41, 5.74) is 5.12. The van der Waals surface area contributed by atoms with Crippen molar-refractivity contribution in [2.24, 2.45) is 22.7 Å². The summed E-state index contributed by atoms with van der Waals surface area (Å²) in [6.45, 7) is 11.8. The molecule has 0 spiro atoms. The van der Waals surface area contributed by atoms with Crippen LogP contribution in [0.2, 0.25) is 0 Å². The molecule has 1 heterocycles. The molecule has 18 heteroatoms. The van der Waals surface area contributed by atoms with Crippen LogP contribution < -0.4 is 10.6 Å². The number of aliphatic imine (C=N–C) groups is 1. The number of carbonyl (C=O) groups is 5. The molecule has 2 N–H and O–H groups in total. The molecule has 8 atom stereocenters. The van der Waals surface area contributed by atoms with Crippen LogP contribution in [0.25, 0.3) is 11.1 Å². The number of hydrogen-bond acceptors (Lipinski definition) is 11. The van der Waals surface area contributed by atoms with E-state index in [1.807, 2.05) is 119 Å². The van der Waals surface area contributed by atoms with Gasteiger partial charge in [-0.3, -0.25) is 24.1 Å². The van der Waals surface area contributed by atoms with E-state index in [1.54, 1.807) is 42.9 Å². The van der Waals surface area contributed by atoms with Crippen LogP contribution in [0.5, 0.6) is 0 Å². The van der Waals surface area contributed by atoms with E-state index in [0.29, 0.717) is 25.5 Å². The molecule has 424 valence electrons. The number of ether oxygens (including phenoxy) is 5. The zero-order chi connectivity index (χ0) is 56.3. The average Bonchev–Trinajstić information content (AvgIpc) is 4.04. The number of methoxy groups -OCH3 is 3. The van der Waals surface area contributed by atoms with Crippen LogP contribution >= 0.6 is 0 Å². The van der Waals surface area contributed by atoms with Gasteiger partial charge in [0.2, 0.25) is 23.6 Å². The minimum atomic E-state index is -0.913. The Balaban J connectivity index is 1.16. The highest BCUT2D eigenvalue weighted by Gasteiger charge is 2.43. The lowest BCUT2D eigenvalue weighted by Gasteiger charge is -2.40. The van der Waals surface area contributed by atoms with E-state index in [1.165, 1.54) is 7.11 Å². The van der Waals surface area contributed by atoms with Gasteiger partial charge < -0.3 is 53.9 Å². The molecule has 2 aliphatic rings. The maximum atomic E-state index is 14.5. The zero-order valence-corrected chi connectivity index (χ0v) is 48.0. The molecule has 0 aromatic heterocycles. The number of guanidine groups is 1. The SMILES string of the molecule is CC[C@H](C)[C@@H]([C@@H](CC(=O)N1CCC[C@H]1[C@H](OC)[C@@H](C)C(=O)N[C@@H](Cc1ccccc1)C(=O)NCCOCCOCCN(C(=O)OC)C1c2ccccc2-c2ccccc21)OC)N(C)C(=O)[C@@H](N=C(N(C)C)N(C)C)C(C)C. The maximum absolute atomic E-state index is 14.5. The lowest BCUT2D eigenvalue weighted by molar-refractivity contribution is -0.146. The van der Waals surface area contributed by atoms with E-state index >= 15 is 0 Å². The Kier molecular flexibility index (Phi) is 24.2. The highest BCUT2D eigenvalue weighted by Crippen LogP contribution is 2.46. The number of likely N-dealkylation sites (tertiary alicyclic amines) is 1. The highest BCUT2D eigenvalue weighted by molar-refractivity contribution is 5.89. The predicted molar refractivity (Wildman–Crippen MR) is 299 cm³/mol. The van der Waals surface area contributed by atoms with Gasteiger partial charge >= 0.3 is 6.09 Å². The van der Waals surface area contributed by atoms with Gasteiger partial charge in [-0.15, -0.1) is 0 Å². The molecule has 0 saturated carbocycles. The number of carbonyl (C=O) groups excluding carboxylic acids is 5. The fourth-order valence-corrected chi connectivity index (χ4v) is 10.9. The van der Waals surface area contributed by atoms with Gasteiger partial charge in [0.15, 0.2) is 5.96 Å². The number of hydrogen-bond donors (Lipinski definition) is 2. The van der Waals surface area contributed by atoms with Crippen molar-refractivity contribution < 1.29 is 47.7 Å². The molecule has 1 aliphatic heterocycles. The van der Waals surface area contributed by atoms with Crippen molar-refractivity contribution in [2.45, 2.75) is 109 Å². The van der Waals surface area contributed by atoms with Crippen LogP contribution in [0.3, 0.4) is 0 Å². The van der Waals surface area contributed by atoms with Crippen molar-refractivity contribution in [3.8, 4) is 11.1 Å². The Morgan fingerprint density at radius 3 is 1.91 bits per heavy atom. The molecular formula is C59H88N8O10. The summed E-state index contributed by atoms with van der Waals surface area (Å²) in [7, 11) is 13.9. The molecule has 0 unspecified atom stereocenters. The summed E-state index contributed by atoms with van der Waals surface area (Å²) >= 11 is 0. The van der Waals surface area contributed by atoms with E-state index in [2.05, 4.69) is 36.6 Å². The van der Waals surface area contributed by atoms with Gasteiger partial charge in [-0.2, -0.15) is 0 Å². The molecule has 3 aromatic carbocycles. The topological polar surface area (TPSA) is 184 Å². The van der Waals surface area contributed by atoms with Crippen LogP contribution in [0, 0.1) is 17.8 Å². The maximum Gasteiger partial charge on any atom is 0.410 e. The van der Waals surface area contributed by atoms with Crippen LogP contribution in [0.1, 0.15) is 83.0 Å². The van der Waals surface area contributed by atoms with Crippen molar-refractivity contribution in [3.63, 3.8) is 0 Å². The Morgan fingerprint density at radius 2 is 1.35 bits per heavy atom. The summed E-state index contributed by atoms with van der Waals surface area (Å²) in [5, 5.41) is 5.94. The molecular weight excluding hydrogens is 981 g/mol. The number of nitrogens with one attached hydrogen (secondary N) is 2. The zero-order valence-electron chi connectivity index (χ0n) is 48.0. The number of nitrogens with zero attached hydrogens (tertiary/aromatic N) is 6. The second-order valence-electron chi connectivity index (χ2n) is 21.0. The summed E-state index contributed by atoms with van der Waals surface area (Å²) in [6, 6.07) is 22.9. The number of amides is 5. The van der Waals surface area contributed by atoms with Gasteiger partial charge in [0.05, 0.1) is 76.2 Å². The predicted octanol–water partition coefficient (Wildman–Crippen LogP) is 6.13. The van der Waals surface area contributed by atoms with Crippen LogP contribution in [0.15, 0.2) is 83.9 Å². The van der Waals surface area contributed by atoms with E-state index in [4.69, 9.17) is 28.7 Å². The van der Waals surface area contributed by atoms with Crippen molar-refractivity contribution in [2.75, 3.05) is 103 Å². The first-order chi connectivity index (χ1) is 36.9. The Bertz CT molecular complexity index is 2350. The van der Waals surface area contributed by atoms with Crippen LogP contribution in [0.4, 0.5) is 4.79 Å². The third-order valence-electron chi connectivity index (χ3n) is 15.0. The smallest absolute Gasteiger partial charge is 0.410 e. The first-order valence-corrected chi connectivity index (χ1v) is 27.2. The second kappa shape index (κ2) is 30.2. The normalized spacial score (nSPS) is 16.7. The Hall–Kier alpha value is -6.08. The monoisotopic (exact) mass is 1070 g/mol. The number of benzene rings is 3. The third kappa shape index (κ3) is 16.0. The molecule has 5 amide bonds. The van der Waals surface area contributed by atoms with E-state index < -0.39 is 48.4 Å². The fraction of sp³-hybridized carbons (Fsp3) is 0.593. The van der Waals surface area contributed by atoms with Gasteiger partial charge in [0.1, 0.15) is 12.1 Å². The van der Waals surface area contributed by atoms with Gasteiger partial charge in [-0.25, -0.2) is 9.79 Å². The molecule has 18 nitrogen and oxygen atoms in total. The van der Waals surface area contributed by atoms with Crippen molar-refractivity contribution >= 4 is 35.7 Å². The molecule has 77 heavy (non-hydrogen) atoms. The summed E-state index contributed by atoms with van der Waals surface area (Å²) in [6.07, 6.45) is 0.603. The summed E-state index contributed by atoms with van der Waals surface area (Å²) in [4.78, 5) is 84.0. The molecule has 0 radical (unpaired) electrons. The lowest BCUT2D eigenvalue weighted by Crippen LogP contribution is -2.55. The van der Waals surface area contributed by atoms with Crippen molar-refractivity contribution in [1.29, 1.82) is 0 Å². The minimum absolute atomic E-state index is 0.0103. The molecule has 5 rings (SSSR count). The molecule has 3 aromatic rings. The second-order valence-corrected chi connectivity index (χ2v) is 21.0. The summed E-state index contributed by atoms with van der Waals surface area (Å²) in [5.74, 6) is -1.22. The number of fused-ring (bicyclic) bond motifs is 3. The molecule has 1 fully saturated rings. The van der Waals surface area contributed by atoms with E-state index in [-0.39, 0.29) is 87.3 Å². The van der Waals surface area contributed by atoms with Gasteiger partial charge in [-0.1, -0.05) is 120 Å². The number of rotatable bonds is 28. The van der Waals surface area contributed by atoms with Gasteiger partial charge in [0, 0.05) is 75.5 Å². The minimum Gasteiger partial charge on any atom is -0.453 e. The number of likely N-dealkylation sites (N-methyl/N-ethyl adjacent to an activating group) is 1. The lowest BCUT2D eigenvalue weighted by atomic mass is 9.89. The van der Waals surface area contributed by atoms with Crippen molar-refractivity contribution in [1.82, 2.24) is 35.1 Å². The van der Waals surface area contributed by atoms with Crippen LogP contribution in [-0.4, -0.2) is 199 Å². The Labute approximate surface area is 458 Å². The van der Waals surface area contributed by atoms with E-state index in [0.717, 1.165) is 40.7 Å². The molecule has 1 aliphatic carbocycles. The van der Waals surface area contributed by atoms with Crippen molar-refractivity contribution in [3.05, 3.63) is 95.6 Å². The van der Waals surface area contributed by atoms with E-state index in [9.17, 15) is 24.0 Å².